The number of carbonyl (C=O) groups is 1. The van der Waals surface area contributed by atoms with Gasteiger partial charge in [-0.25, -0.2) is 0 Å². The van der Waals surface area contributed by atoms with Gasteiger partial charge in [0.1, 0.15) is 0 Å². The Morgan fingerprint density at radius 3 is 2.74 bits per heavy atom. The Labute approximate surface area is 116 Å². The van der Waals surface area contributed by atoms with Crippen LogP contribution < -0.4 is 10.6 Å². The molecule has 1 aliphatic heterocycles. The van der Waals surface area contributed by atoms with Crippen LogP contribution in [-0.2, 0) is 9.53 Å². The van der Waals surface area contributed by atoms with E-state index in [2.05, 4.69) is 24.5 Å². The number of amides is 1. The SMILES string of the molecule is CCC(CC)(CCO)CNC(=O)CC1CNCCO1. The van der Waals surface area contributed by atoms with Crippen LogP contribution in [0.15, 0.2) is 0 Å². The van der Waals surface area contributed by atoms with Crippen molar-refractivity contribution in [2.75, 3.05) is 32.8 Å². The number of nitrogens with one attached hydrogen (secondary N) is 2. The molecule has 0 saturated carbocycles. The zero-order valence-corrected chi connectivity index (χ0v) is 12.2. The molecule has 1 saturated heterocycles. The average molecular weight is 272 g/mol. The molecule has 3 N–H and O–H groups in total. The Morgan fingerprint density at radius 1 is 1.47 bits per heavy atom. The smallest absolute Gasteiger partial charge is 0.222 e. The molecule has 112 valence electrons. The highest BCUT2D eigenvalue weighted by atomic mass is 16.5. The highest BCUT2D eigenvalue weighted by Crippen LogP contribution is 2.29. The monoisotopic (exact) mass is 272 g/mol. The van der Waals surface area contributed by atoms with Crippen molar-refractivity contribution in [2.45, 2.75) is 45.6 Å². The fourth-order valence-electron chi connectivity index (χ4n) is 2.49. The first-order chi connectivity index (χ1) is 9.15. The molecule has 0 aromatic rings. The highest BCUT2D eigenvalue weighted by Gasteiger charge is 2.26. The van der Waals surface area contributed by atoms with Crippen LogP contribution in [0.3, 0.4) is 0 Å². The van der Waals surface area contributed by atoms with Crippen molar-refractivity contribution in [2.24, 2.45) is 5.41 Å². The highest BCUT2D eigenvalue weighted by molar-refractivity contribution is 5.76. The first-order valence-electron chi connectivity index (χ1n) is 7.35. The molecule has 0 aromatic heterocycles. The van der Waals surface area contributed by atoms with Gasteiger partial charge in [-0.15, -0.1) is 0 Å². The predicted molar refractivity (Wildman–Crippen MR) is 75.0 cm³/mol. The van der Waals surface area contributed by atoms with E-state index in [0.717, 1.165) is 32.4 Å². The molecule has 0 spiro atoms. The first-order valence-corrected chi connectivity index (χ1v) is 7.35. The summed E-state index contributed by atoms with van der Waals surface area (Å²) in [6, 6.07) is 0. The number of ether oxygens (including phenoxy) is 1. The number of hydrogen-bond acceptors (Lipinski definition) is 4. The molecule has 1 atom stereocenters. The molecule has 0 bridgehead atoms. The third-order valence-electron chi connectivity index (χ3n) is 4.22. The number of carbonyl (C=O) groups excluding carboxylic acids is 1. The van der Waals surface area contributed by atoms with Crippen LogP contribution in [0.25, 0.3) is 0 Å². The second-order valence-electron chi connectivity index (χ2n) is 5.36. The Morgan fingerprint density at radius 2 is 2.21 bits per heavy atom. The maximum Gasteiger partial charge on any atom is 0.222 e. The van der Waals surface area contributed by atoms with Crippen molar-refractivity contribution in [3.05, 3.63) is 0 Å². The van der Waals surface area contributed by atoms with Gasteiger partial charge in [-0.1, -0.05) is 13.8 Å². The maximum absolute atomic E-state index is 11.9. The van der Waals surface area contributed by atoms with E-state index < -0.39 is 0 Å². The molecular formula is C14H28N2O3. The minimum atomic E-state index is -0.00996. The van der Waals surface area contributed by atoms with Gasteiger partial charge in [0, 0.05) is 26.2 Å². The van der Waals surface area contributed by atoms with Crippen LogP contribution >= 0.6 is 0 Å². The largest absolute Gasteiger partial charge is 0.396 e. The molecule has 1 unspecified atom stereocenters. The third kappa shape index (κ3) is 5.47. The lowest BCUT2D eigenvalue weighted by Crippen LogP contribution is -2.43. The predicted octanol–water partition coefficient (Wildman–Crippen LogP) is 0.670. The Balaban J connectivity index is 2.34. The summed E-state index contributed by atoms with van der Waals surface area (Å²) in [5.41, 5.74) is 0.0239. The van der Waals surface area contributed by atoms with E-state index in [1.54, 1.807) is 0 Å². The van der Waals surface area contributed by atoms with E-state index in [1.807, 2.05) is 0 Å². The van der Waals surface area contributed by atoms with Gasteiger partial charge in [-0.3, -0.25) is 4.79 Å². The molecule has 0 aromatic carbocycles. The van der Waals surface area contributed by atoms with E-state index in [4.69, 9.17) is 9.84 Å². The molecule has 1 heterocycles. The fraction of sp³-hybridized carbons (Fsp3) is 0.929. The van der Waals surface area contributed by atoms with Gasteiger partial charge in [0.05, 0.1) is 19.1 Å². The van der Waals surface area contributed by atoms with Crippen LogP contribution in [-0.4, -0.2) is 50.0 Å². The minimum absolute atomic E-state index is 0.00996. The van der Waals surface area contributed by atoms with Crippen LogP contribution in [0.4, 0.5) is 0 Å². The van der Waals surface area contributed by atoms with Crippen LogP contribution in [0.2, 0.25) is 0 Å². The van der Waals surface area contributed by atoms with Gasteiger partial charge in [-0.05, 0) is 24.7 Å². The van der Waals surface area contributed by atoms with E-state index >= 15 is 0 Å². The summed E-state index contributed by atoms with van der Waals surface area (Å²) in [5, 5.41) is 15.4. The van der Waals surface area contributed by atoms with Gasteiger partial charge < -0.3 is 20.5 Å². The normalized spacial score (nSPS) is 20.3. The van der Waals surface area contributed by atoms with E-state index in [-0.39, 0.29) is 24.0 Å². The Hall–Kier alpha value is -0.650. The standard InChI is InChI=1S/C14H28N2O3/c1-3-14(4-2,5-7-17)11-16-13(18)9-12-10-15-6-8-19-12/h12,15,17H,3-11H2,1-2H3,(H,16,18). The second-order valence-corrected chi connectivity index (χ2v) is 5.36. The van der Waals surface area contributed by atoms with Crippen molar-refractivity contribution >= 4 is 5.91 Å². The van der Waals surface area contributed by atoms with E-state index in [9.17, 15) is 4.79 Å². The molecule has 19 heavy (non-hydrogen) atoms. The summed E-state index contributed by atoms with van der Waals surface area (Å²) in [6.07, 6.45) is 3.07. The minimum Gasteiger partial charge on any atom is -0.396 e. The molecular weight excluding hydrogens is 244 g/mol. The number of aliphatic hydroxyl groups is 1. The molecule has 1 rings (SSSR count). The zero-order chi connectivity index (χ0) is 14.1. The first kappa shape index (κ1) is 16.4. The molecule has 0 aliphatic carbocycles. The number of hydrogen-bond donors (Lipinski definition) is 3. The van der Waals surface area contributed by atoms with Crippen LogP contribution in [0.5, 0.6) is 0 Å². The molecule has 1 aliphatic rings. The number of rotatable bonds is 8. The summed E-state index contributed by atoms with van der Waals surface area (Å²) in [6.45, 7) is 7.32. The molecule has 1 fully saturated rings. The second kappa shape index (κ2) is 8.51. The molecule has 1 amide bonds. The topological polar surface area (TPSA) is 70.6 Å². The summed E-state index contributed by atoms with van der Waals surface area (Å²) in [4.78, 5) is 11.9. The lowest BCUT2D eigenvalue weighted by Gasteiger charge is -2.31. The van der Waals surface area contributed by atoms with E-state index in [1.165, 1.54) is 0 Å². The Kier molecular flexibility index (Phi) is 7.34. The third-order valence-corrected chi connectivity index (χ3v) is 4.22. The van der Waals surface area contributed by atoms with Crippen LogP contribution in [0.1, 0.15) is 39.5 Å². The van der Waals surface area contributed by atoms with Gasteiger partial charge in [0.2, 0.25) is 5.91 Å². The summed E-state index contributed by atoms with van der Waals surface area (Å²) in [5.74, 6) is 0.0397. The zero-order valence-electron chi connectivity index (χ0n) is 12.2. The molecule has 5 nitrogen and oxygen atoms in total. The van der Waals surface area contributed by atoms with Crippen LogP contribution in [0, 0.1) is 5.41 Å². The lowest BCUT2D eigenvalue weighted by molar-refractivity contribution is -0.125. The Bertz CT molecular complexity index is 261. The van der Waals surface area contributed by atoms with Crippen molar-refractivity contribution in [1.29, 1.82) is 0 Å². The fourth-order valence-corrected chi connectivity index (χ4v) is 2.49. The molecule has 0 radical (unpaired) electrons. The van der Waals surface area contributed by atoms with Crippen molar-refractivity contribution < 1.29 is 14.6 Å². The van der Waals surface area contributed by atoms with Gasteiger partial charge in [-0.2, -0.15) is 0 Å². The maximum atomic E-state index is 11.9. The van der Waals surface area contributed by atoms with Gasteiger partial charge in [0.15, 0.2) is 0 Å². The molecule has 5 heteroatoms. The lowest BCUT2D eigenvalue weighted by atomic mass is 9.79. The average Bonchev–Trinajstić information content (AvgIpc) is 2.45. The van der Waals surface area contributed by atoms with E-state index in [0.29, 0.717) is 19.6 Å². The van der Waals surface area contributed by atoms with Gasteiger partial charge in [0.25, 0.3) is 0 Å². The number of morpholine rings is 1. The van der Waals surface area contributed by atoms with Gasteiger partial charge >= 0.3 is 0 Å². The summed E-state index contributed by atoms with van der Waals surface area (Å²) >= 11 is 0. The number of aliphatic hydroxyl groups excluding tert-OH is 1. The van der Waals surface area contributed by atoms with Crippen molar-refractivity contribution in [1.82, 2.24) is 10.6 Å². The summed E-state index contributed by atoms with van der Waals surface area (Å²) in [7, 11) is 0. The quantitative estimate of drug-likeness (QED) is 0.607. The summed E-state index contributed by atoms with van der Waals surface area (Å²) < 4.78 is 5.52. The van der Waals surface area contributed by atoms with Crippen molar-refractivity contribution in [3.63, 3.8) is 0 Å². The van der Waals surface area contributed by atoms with Crippen molar-refractivity contribution in [3.8, 4) is 0 Å².